The second kappa shape index (κ2) is 9.96. The number of nitrogen functional groups attached to an aromatic ring is 3. The largest absolute Gasteiger partial charge is 0.394 e. The van der Waals surface area contributed by atoms with Crippen LogP contribution in [0.1, 0.15) is 37.4 Å². The molecule has 0 aliphatic heterocycles. The summed E-state index contributed by atoms with van der Waals surface area (Å²) in [5.74, 6) is 0. The van der Waals surface area contributed by atoms with E-state index < -0.39 is 18.5 Å². The average Bonchev–Trinajstić information content (AvgIpc) is 3.79. The third kappa shape index (κ3) is 5.47. The maximum Gasteiger partial charge on any atom is 0.274 e. The first kappa shape index (κ1) is 25.1. The van der Waals surface area contributed by atoms with E-state index in [4.69, 9.17) is 17.2 Å². The predicted molar refractivity (Wildman–Crippen MR) is 131 cm³/mol. The number of nitrogens with zero attached hydrogens (tertiary/aromatic N) is 3. The van der Waals surface area contributed by atoms with Crippen molar-refractivity contribution in [3.8, 4) is 0 Å². The highest BCUT2D eigenvalue weighted by molar-refractivity contribution is 5.35. The van der Waals surface area contributed by atoms with Gasteiger partial charge in [-0.3, -0.25) is 14.4 Å². The van der Waals surface area contributed by atoms with Gasteiger partial charge in [0.15, 0.2) is 0 Å². The highest BCUT2D eigenvalue weighted by Gasteiger charge is 2.41. The summed E-state index contributed by atoms with van der Waals surface area (Å²) in [5.41, 5.74) is 15.8. The molecule has 36 heavy (non-hydrogen) atoms. The molecule has 0 radical (unpaired) electrons. The van der Waals surface area contributed by atoms with E-state index in [1.54, 1.807) is 36.8 Å². The van der Waals surface area contributed by atoms with Crippen LogP contribution in [-0.2, 0) is 0 Å². The Hall–Kier alpha value is -3.96. The van der Waals surface area contributed by atoms with Crippen LogP contribution in [-0.4, -0.2) is 32.2 Å². The van der Waals surface area contributed by atoms with E-state index in [1.807, 2.05) is 0 Å². The molecule has 3 aromatic rings. The Balaban J connectivity index is 0.000000127. The van der Waals surface area contributed by atoms with Crippen molar-refractivity contribution in [3.63, 3.8) is 0 Å². The van der Waals surface area contributed by atoms with Gasteiger partial charge in [0.1, 0.15) is 18.5 Å². The Labute approximate surface area is 203 Å². The number of alkyl halides is 3. The summed E-state index contributed by atoms with van der Waals surface area (Å²) in [7, 11) is 0. The van der Waals surface area contributed by atoms with Crippen LogP contribution < -0.4 is 33.9 Å². The molecular formula is C24H27F3N6O3. The molecule has 0 amide bonds. The van der Waals surface area contributed by atoms with Crippen molar-refractivity contribution in [2.24, 2.45) is 0 Å². The van der Waals surface area contributed by atoms with Crippen LogP contribution in [0.2, 0.25) is 0 Å². The maximum absolute atomic E-state index is 12.6. The smallest absolute Gasteiger partial charge is 0.274 e. The third-order valence-electron chi connectivity index (χ3n) is 6.13. The molecule has 9 nitrogen and oxygen atoms in total. The van der Waals surface area contributed by atoms with Gasteiger partial charge in [-0.05, 0) is 36.4 Å². The van der Waals surface area contributed by atoms with E-state index in [9.17, 15) is 27.6 Å². The van der Waals surface area contributed by atoms with Crippen molar-refractivity contribution < 1.29 is 13.2 Å². The molecule has 3 fully saturated rings. The normalized spacial score (nSPS) is 27.1. The number of aromatic nitrogens is 3. The zero-order valence-corrected chi connectivity index (χ0v) is 19.2. The Morgan fingerprint density at radius 2 is 0.778 bits per heavy atom. The van der Waals surface area contributed by atoms with Gasteiger partial charge >= 0.3 is 0 Å². The number of nitrogens with two attached hydrogens (primary N) is 3. The van der Waals surface area contributed by atoms with Crippen LogP contribution in [0.15, 0.2) is 69.4 Å². The number of pyridine rings is 3. The predicted octanol–water partition coefficient (Wildman–Crippen LogP) is 2.14. The lowest BCUT2D eigenvalue weighted by molar-refractivity contribution is 0.438. The van der Waals surface area contributed by atoms with Gasteiger partial charge in [-0.15, -0.1) is 0 Å². The summed E-state index contributed by atoms with van der Waals surface area (Å²) in [4.78, 5) is 33.8. The Bertz CT molecular complexity index is 1250. The molecule has 0 bridgehead atoms. The van der Waals surface area contributed by atoms with Crippen molar-refractivity contribution in [3.05, 3.63) is 86.1 Å². The third-order valence-corrected chi connectivity index (χ3v) is 6.13. The molecule has 12 heteroatoms. The minimum Gasteiger partial charge on any atom is -0.394 e. The molecule has 6 rings (SSSR count). The molecule has 3 aromatic heterocycles. The molecule has 1 unspecified atom stereocenters. The van der Waals surface area contributed by atoms with Crippen molar-refractivity contribution in [2.75, 3.05) is 17.2 Å². The van der Waals surface area contributed by atoms with Gasteiger partial charge in [-0.1, -0.05) is 0 Å². The van der Waals surface area contributed by atoms with Gasteiger partial charge in [-0.25, -0.2) is 13.2 Å². The number of anilines is 3. The summed E-state index contributed by atoms with van der Waals surface area (Å²) in [6.45, 7) is 0. The van der Waals surface area contributed by atoms with Crippen LogP contribution in [0, 0.1) is 0 Å². The number of hydrogen-bond donors (Lipinski definition) is 3. The van der Waals surface area contributed by atoms with Crippen LogP contribution in [0.3, 0.4) is 0 Å². The molecule has 3 aliphatic carbocycles. The van der Waals surface area contributed by atoms with Crippen LogP contribution in [0.5, 0.6) is 0 Å². The fraction of sp³-hybridized carbons (Fsp3) is 0.375. The molecule has 3 aliphatic rings. The zero-order valence-electron chi connectivity index (χ0n) is 19.2. The number of halogens is 3. The van der Waals surface area contributed by atoms with Crippen LogP contribution >= 0.6 is 0 Å². The number of rotatable bonds is 3. The van der Waals surface area contributed by atoms with Crippen molar-refractivity contribution >= 4 is 17.1 Å². The molecule has 6 N–H and O–H groups in total. The van der Waals surface area contributed by atoms with Gasteiger partial charge in [0.25, 0.3) is 16.7 Å². The monoisotopic (exact) mass is 504 g/mol. The zero-order chi connectivity index (χ0) is 26.1. The van der Waals surface area contributed by atoms with Gasteiger partial charge in [0.05, 0.1) is 35.2 Å². The Morgan fingerprint density at radius 1 is 0.556 bits per heavy atom. The van der Waals surface area contributed by atoms with E-state index in [1.165, 1.54) is 31.9 Å². The van der Waals surface area contributed by atoms with Crippen molar-refractivity contribution in [1.82, 2.24) is 13.7 Å². The van der Waals surface area contributed by atoms with Crippen LogP contribution in [0.25, 0.3) is 0 Å². The van der Waals surface area contributed by atoms with Crippen molar-refractivity contribution in [2.45, 2.75) is 55.9 Å². The van der Waals surface area contributed by atoms with Crippen LogP contribution in [0.4, 0.5) is 30.2 Å². The molecule has 0 saturated heterocycles. The molecule has 0 aromatic carbocycles. The SMILES string of the molecule is Nc1cccn([C@@H]2CC2F)c1=O.Nc1cccn([C@@H]2C[C@H]2F)c1=O.Nc1cccn([C@H]2C[C@@H]2F)c1=O. The molecule has 192 valence electrons. The highest BCUT2D eigenvalue weighted by atomic mass is 19.1. The first-order valence-electron chi connectivity index (χ1n) is 11.4. The first-order chi connectivity index (χ1) is 17.1. The Kier molecular flexibility index (Phi) is 6.95. The quantitative estimate of drug-likeness (QED) is 0.499. The minimum absolute atomic E-state index is 0.177. The van der Waals surface area contributed by atoms with E-state index in [-0.39, 0.29) is 51.9 Å². The molecular weight excluding hydrogens is 477 g/mol. The average molecular weight is 505 g/mol. The fourth-order valence-corrected chi connectivity index (χ4v) is 3.69. The standard InChI is InChI=1S/3C8H9FN2O/c3*9-5-4-7(5)11-3-1-2-6(10)8(11)12/h3*1-3,5,7H,4,10H2/t5?,7-;2*5-,7-/m110/s1. The lowest BCUT2D eigenvalue weighted by Gasteiger charge is -2.02. The lowest BCUT2D eigenvalue weighted by Crippen LogP contribution is -2.21. The second-order valence-electron chi connectivity index (χ2n) is 8.98. The maximum atomic E-state index is 12.6. The first-order valence-corrected chi connectivity index (χ1v) is 11.4. The fourth-order valence-electron chi connectivity index (χ4n) is 3.69. The minimum atomic E-state index is -0.871. The summed E-state index contributed by atoms with van der Waals surface area (Å²) in [5, 5.41) is 0. The lowest BCUT2D eigenvalue weighted by atomic mass is 10.4. The molecule has 0 spiro atoms. The van der Waals surface area contributed by atoms with E-state index >= 15 is 0 Å². The summed E-state index contributed by atoms with van der Waals surface area (Å²) >= 11 is 0. The van der Waals surface area contributed by atoms with E-state index in [0.717, 1.165) is 0 Å². The van der Waals surface area contributed by atoms with Gasteiger partial charge < -0.3 is 30.9 Å². The number of hydrogen-bond acceptors (Lipinski definition) is 6. The molecule has 3 heterocycles. The van der Waals surface area contributed by atoms with E-state index in [0.29, 0.717) is 19.3 Å². The summed E-state index contributed by atoms with van der Waals surface area (Å²) < 4.78 is 41.8. The van der Waals surface area contributed by atoms with E-state index in [2.05, 4.69) is 0 Å². The van der Waals surface area contributed by atoms with Crippen molar-refractivity contribution in [1.29, 1.82) is 0 Å². The summed E-state index contributed by atoms with van der Waals surface area (Å²) in [6, 6.07) is 8.70. The topological polar surface area (TPSA) is 144 Å². The van der Waals surface area contributed by atoms with Gasteiger partial charge in [0.2, 0.25) is 0 Å². The van der Waals surface area contributed by atoms with Gasteiger partial charge in [0, 0.05) is 37.9 Å². The second-order valence-corrected chi connectivity index (χ2v) is 8.98. The summed E-state index contributed by atoms with van der Waals surface area (Å²) in [6.07, 6.45) is 3.41. The highest BCUT2D eigenvalue weighted by Crippen LogP contribution is 2.38. The Morgan fingerprint density at radius 3 is 0.972 bits per heavy atom. The molecule has 3 saturated carbocycles. The molecule has 6 atom stereocenters. The van der Waals surface area contributed by atoms with Gasteiger partial charge in [-0.2, -0.15) is 0 Å².